The maximum atomic E-state index is 13.6. The molecule has 0 unspecified atom stereocenters. The number of rotatable bonds is 5. The van der Waals surface area contributed by atoms with Crippen molar-refractivity contribution in [1.82, 2.24) is 9.97 Å². The molecule has 3 heterocycles. The van der Waals surface area contributed by atoms with Gasteiger partial charge < -0.3 is 19.5 Å². The number of ether oxygens (including phenoxy) is 3. The molecule has 170 valence electrons. The standard InChI is InChI=1S/C24H23FN4O4/c1-14-5-7-17(8-6-14)27-24(30)33-20-13-32-21-19(12-31-22(20)21)29-23-26-10-9-18(28-23)15-3-2-4-16(25)11-15/h2-11,19-22H,12-13H2,1H3,(H,27,30)(H,26,28,29)/t19-,20+,21+,22+/m0/s1. The third-order valence-electron chi connectivity index (χ3n) is 5.65. The highest BCUT2D eigenvalue weighted by Gasteiger charge is 2.49. The number of nitrogens with zero attached hydrogens (tertiary/aromatic N) is 2. The molecule has 0 bridgehead atoms. The number of hydrogen-bond acceptors (Lipinski definition) is 7. The Morgan fingerprint density at radius 1 is 1.09 bits per heavy atom. The molecule has 2 aromatic carbocycles. The van der Waals surface area contributed by atoms with E-state index in [0.717, 1.165) is 5.56 Å². The van der Waals surface area contributed by atoms with Crippen LogP contribution in [0.15, 0.2) is 60.8 Å². The van der Waals surface area contributed by atoms with Crippen molar-refractivity contribution in [2.24, 2.45) is 0 Å². The van der Waals surface area contributed by atoms with Crippen LogP contribution >= 0.6 is 0 Å². The van der Waals surface area contributed by atoms with Gasteiger partial charge in [0.25, 0.3) is 0 Å². The van der Waals surface area contributed by atoms with Gasteiger partial charge in [-0.25, -0.2) is 19.2 Å². The van der Waals surface area contributed by atoms with E-state index in [9.17, 15) is 9.18 Å². The molecule has 0 spiro atoms. The van der Waals surface area contributed by atoms with E-state index in [2.05, 4.69) is 20.6 Å². The van der Waals surface area contributed by atoms with Crippen LogP contribution in [0, 0.1) is 12.7 Å². The van der Waals surface area contributed by atoms with Crippen LogP contribution < -0.4 is 10.6 Å². The number of carbonyl (C=O) groups is 1. The van der Waals surface area contributed by atoms with Crippen LogP contribution in [0.2, 0.25) is 0 Å². The molecule has 2 fully saturated rings. The molecule has 9 heteroatoms. The predicted octanol–water partition coefficient (Wildman–Crippen LogP) is 3.79. The predicted molar refractivity (Wildman–Crippen MR) is 119 cm³/mol. The summed E-state index contributed by atoms with van der Waals surface area (Å²) in [7, 11) is 0. The van der Waals surface area contributed by atoms with Crippen LogP contribution in [-0.4, -0.2) is 53.6 Å². The van der Waals surface area contributed by atoms with Crippen LogP contribution in [0.1, 0.15) is 5.56 Å². The third-order valence-corrected chi connectivity index (χ3v) is 5.65. The zero-order valence-corrected chi connectivity index (χ0v) is 17.9. The highest BCUT2D eigenvalue weighted by molar-refractivity contribution is 5.84. The zero-order chi connectivity index (χ0) is 22.8. The summed E-state index contributed by atoms with van der Waals surface area (Å²) in [5.41, 5.74) is 3.02. The molecule has 33 heavy (non-hydrogen) atoms. The van der Waals surface area contributed by atoms with Crippen LogP contribution in [0.4, 0.5) is 20.8 Å². The molecular formula is C24H23FN4O4. The summed E-state index contributed by atoms with van der Waals surface area (Å²) in [6.07, 6.45) is -0.174. The number of benzene rings is 2. The topological polar surface area (TPSA) is 94.6 Å². The minimum Gasteiger partial charge on any atom is -0.441 e. The van der Waals surface area contributed by atoms with Crippen LogP contribution in [0.3, 0.4) is 0 Å². The summed E-state index contributed by atoms with van der Waals surface area (Å²) < 4.78 is 30.9. The lowest BCUT2D eigenvalue weighted by Gasteiger charge is -2.18. The van der Waals surface area contributed by atoms with E-state index in [0.29, 0.717) is 29.5 Å². The Morgan fingerprint density at radius 3 is 2.73 bits per heavy atom. The van der Waals surface area contributed by atoms with Crippen LogP contribution in [0.25, 0.3) is 11.3 Å². The minimum atomic E-state index is -0.556. The molecule has 4 atom stereocenters. The molecule has 2 saturated heterocycles. The summed E-state index contributed by atoms with van der Waals surface area (Å²) in [5, 5.41) is 5.95. The number of nitrogens with one attached hydrogen (secondary N) is 2. The number of fused-ring (bicyclic) bond motifs is 1. The maximum absolute atomic E-state index is 13.6. The first-order valence-corrected chi connectivity index (χ1v) is 10.7. The van der Waals surface area contributed by atoms with E-state index in [-0.39, 0.29) is 24.6 Å². The number of aromatic nitrogens is 2. The SMILES string of the molecule is Cc1ccc(NC(=O)O[C@@H]2CO[C@H]3[C@@H]2OC[C@@H]3Nc2nccc(-c3cccc(F)c3)n2)cc1. The molecule has 2 aliphatic heterocycles. The van der Waals surface area contributed by atoms with E-state index in [1.54, 1.807) is 24.4 Å². The second-order valence-electron chi connectivity index (χ2n) is 8.06. The van der Waals surface area contributed by atoms with E-state index < -0.39 is 18.3 Å². The second kappa shape index (κ2) is 9.13. The van der Waals surface area contributed by atoms with Gasteiger partial charge in [-0.2, -0.15) is 0 Å². The normalized spacial score (nSPS) is 23.7. The van der Waals surface area contributed by atoms with Gasteiger partial charge in [-0.1, -0.05) is 29.8 Å². The Balaban J connectivity index is 1.20. The smallest absolute Gasteiger partial charge is 0.412 e. The minimum absolute atomic E-state index is 0.216. The lowest BCUT2D eigenvalue weighted by atomic mass is 10.1. The fourth-order valence-corrected chi connectivity index (χ4v) is 4.01. The van der Waals surface area contributed by atoms with Crippen molar-refractivity contribution in [2.75, 3.05) is 23.8 Å². The zero-order valence-electron chi connectivity index (χ0n) is 17.9. The van der Waals surface area contributed by atoms with E-state index in [1.165, 1.54) is 12.1 Å². The van der Waals surface area contributed by atoms with Gasteiger partial charge >= 0.3 is 6.09 Å². The Bertz CT molecular complexity index is 1140. The van der Waals surface area contributed by atoms with E-state index >= 15 is 0 Å². The fraction of sp³-hybridized carbons (Fsp3) is 0.292. The molecule has 0 radical (unpaired) electrons. The molecule has 1 aromatic heterocycles. The quantitative estimate of drug-likeness (QED) is 0.611. The second-order valence-corrected chi connectivity index (χ2v) is 8.06. The van der Waals surface area contributed by atoms with Gasteiger partial charge in [-0.05, 0) is 37.3 Å². The first-order chi connectivity index (χ1) is 16.0. The van der Waals surface area contributed by atoms with Gasteiger partial charge in [0.2, 0.25) is 5.95 Å². The van der Waals surface area contributed by atoms with Crippen molar-refractivity contribution in [2.45, 2.75) is 31.3 Å². The number of amides is 1. The first kappa shape index (κ1) is 21.3. The lowest BCUT2D eigenvalue weighted by molar-refractivity contribution is 0.00917. The summed E-state index contributed by atoms with van der Waals surface area (Å²) >= 11 is 0. The summed E-state index contributed by atoms with van der Waals surface area (Å²) in [6, 6.07) is 15.2. The number of aryl methyl sites for hydroxylation is 1. The molecule has 3 aromatic rings. The molecule has 5 rings (SSSR count). The molecular weight excluding hydrogens is 427 g/mol. The molecule has 2 aliphatic rings. The van der Waals surface area contributed by atoms with E-state index in [1.807, 2.05) is 31.2 Å². The van der Waals surface area contributed by atoms with Crippen molar-refractivity contribution >= 4 is 17.7 Å². The van der Waals surface area contributed by atoms with E-state index in [4.69, 9.17) is 14.2 Å². The average Bonchev–Trinajstić information content (AvgIpc) is 3.39. The summed E-state index contributed by atoms with van der Waals surface area (Å²) in [4.78, 5) is 21.1. The number of anilines is 2. The Morgan fingerprint density at radius 2 is 1.91 bits per heavy atom. The van der Waals surface area contributed by atoms with Crippen molar-refractivity contribution < 1.29 is 23.4 Å². The lowest BCUT2D eigenvalue weighted by Crippen LogP contribution is -2.38. The van der Waals surface area contributed by atoms with Gasteiger partial charge in [-0.15, -0.1) is 0 Å². The van der Waals surface area contributed by atoms with Gasteiger partial charge in [0, 0.05) is 17.4 Å². The molecule has 0 saturated carbocycles. The number of carbonyl (C=O) groups excluding carboxylic acids is 1. The third kappa shape index (κ3) is 4.79. The molecule has 0 aliphatic carbocycles. The average molecular weight is 450 g/mol. The summed E-state index contributed by atoms with van der Waals surface area (Å²) in [6.45, 7) is 2.56. The largest absolute Gasteiger partial charge is 0.441 e. The molecule has 2 N–H and O–H groups in total. The van der Waals surface area contributed by atoms with Crippen molar-refractivity contribution in [1.29, 1.82) is 0 Å². The highest BCUT2D eigenvalue weighted by Crippen LogP contribution is 2.31. The fourth-order valence-electron chi connectivity index (χ4n) is 4.01. The molecule has 1 amide bonds. The monoisotopic (exact) mass is 450 g/mol. The summed E-state index contributed by atoms with van der Waals surface area (Å²) in [5.74, 6) is 0.0561. The van der Waals surface area contributed by atoms with Crippen LogP contribution in [-0.2, 0) is 14.2 Å². The van der Waals surface area contributed by atoms with Gasteiger partial charge in [0.1, 0.15) is 18.0 Å². The number of halogens is 1. The Hall–Kier alpha value is -3.56. The maximum Gasteiger partial charge on any atom is 0.412 e. The molecule has 8 nitrogen and oxygen atoms in total. The van der Waals surface area contributed by atoms with Gasteiger partial charge in [0.15, 0.2) is 6.10 Å². The Labute approximate surface area is 190 Å². The highest BCUT2D eigenvalue weighted by atomic mass is 19.1. The first-order valence-electron chi connectivity index (χ1n) is 10.7. The van der Waals surface area contributed by atoms with Crippen molar-refractivity contribution in [3.05, 3.63) is 72.2 Å². The van der Waals surface area contributed by atoms with Crippen LogP contribution in [0.5, 0.6) is 0 Å². The van der Waals surface area contributed by atoms with Crippen molar-refractivity contribution in [3.63, 3.8) is 0 Å². The van der Waals surface area contributed by atoms with Gasteiger partial charge in [0.05, 0.1) is 24.9 Å². The Kier molecular flexibility index (Phi) is 5.89. The number of hydrogen-bond donors (Lipinski definition) is 2. The van der Waals surface area contributed by atoms with Crippen molar-refractivity contribution in [3.8, 4) is 11.3 Å². The van der Waals surface area contributed by atoms with Gasteiger partial charge in [-0.3, -0.25) is 5.32 Å².